The molecule has 2 heterocycles. The molecule has 0 saturated heterocycles. The molecule has 2 aromatic heterocycles. The molecule has 3 rings (SSSR count). The Hall–Kier alpha value is -1.83. The van der Waals surface area contributed by atoms with Crippen LogP contribution in [0.3, 0.4) is 0 Å². The number of nitrogens with one attached hydrogen (secondary N) is 1. The van der Waals surface area contributed by atoms with E-state index in [2.05, 4.69) is 14.7 Å². The van der Waals surface area contributed by atoms with Gasteiger partial charge in [0.15, 0.2) is 5.13 Å². The Morgan fingerprint density at radius 2 is 2.18 bits per heavy atom. The molecule has 1 atom stereocenters. The van der Waals surface area contributed by atoms with Crippen molar-refractivity contribution in [1.29, 1.82) is 0 Å². The Morgan fingerprint density at radius 3 is 2.91 bits per heavy atom. The average Bonchev–Trinajstić information content (AvgIpc) is 3.14. The number of carbonyl (C=O) groups is 1. The average molecular weight is 332 g/mol. The second kappa shape index (κ2) is 6.51. The third kappa shape index (κ3) is 3.32. The number of hydrogen-bond donors (Lipinski definition) is 1. The highest BCUT2D eigenvalue weighted by Gasteiger charge is 2.19. The predicted octanol–water partition coefficient (Wildman–Crippen LogP) is 3.21. The minimum absolute atomic E-state index is 0.0499. The number of likely N-dealkylation sites (N-methyl/N-ethyl adjacent to an activating group) is 1. The lowest BCUT2D eigenvalue weighted by molar-refractivity contribution is -0.120. The van der Waals surface area contributed by atoms with E-state index in [0.29, 0.717) is 11.7 Å². The molecule has 22 heavy (non-hydrogen) atoms. The lowest BCUT2D eigenvalue weighted by atomic mass is 10.2. The molecule has 1 N–H and O–H groups in total. The van der Waals surface area contributed by atoms with Crippen molar-refractivity contribution >= 4 is 44.1 Å². The number of thiazole rings is 1. The van der Waals surface area contributed by atoms with Gasteiger partial charge in [0.25, 0.3) is 0 Å². The molecule has 0 bridgehead atoms. The zero-order valence-electron chi connectivity index (χ0n) is 12.3. The van der Waals surface area contributed by atoms with Crippen molar-refractivity contribution in [2.24, 2.45) is 0 Å². The Balaban J connectivity index is 1.65. The number of amides is 1. The predicted molar refractivity (Wildman–Crippen MR) is 91.3 cm³/mol. The van der Waals surface area contributed by atoms with Crippen LogP contribution in [0.25, 0.3) is 10.2 Å². The molecule has 0 aliphatic carbocycles. The van der Waals surface area contributed by atoms with Crippen LogP contribution in [0, 0.1) is 0 Å². The van der Waals surface area contributed by atoms with Crippen LogP contribution >= 0.6 is 22.9 Å². The molecule has 0 fully saturated rings. The van der Waals surface area contributed by atoms with Crippen molar-refractivity contribution in [2.75, 3.05) is 12.4 Å². The summed E-state index contributed by atoms with van der Waals surface area (Å²) >= 11 is 2.94. The number of anilines is 1. The molecule has 0 aliphatic heterocycles. The molecule has 1 aromatic carbocycles. The van der Waals surface area contributed by atoms with Gasteiger partial charge in [-0.2, -0.15) is 0 Å². The van der Waals surface area contributed by atoms with E-state index in [4.69, 9.17) is 0 Å². The fraction of sp³-hybridized carbons (Fsp3) is 0.267. The molecule has 0 spiro atoms. The van der Waals surface area contributed by atoms with Crippen LogP contribution < -0.4 is 5.32 Å². The Labute approximate surface area is 136 Å². The molecular formula is C15H16N4OS2. The maximum absolute atomic E-state index is 12.4. The second-order valence-electron chi connectivity index (χ2n) is 5.05. The topological polar surface area (TPSA) is 58.1 Å². The van der Waals surface area contributed by atoms with Gasteiger partial charge in [0.2, 0.25) is 5.91 Å². The molecule has 3 aromatic rings. The quantitative estimate of drug-likeness (QED) is 0.779. The summed E-state index contributed by atoms with van der Waals surface area (Å²) in [7, 11) is 1.93. The SMILES string of the molecule is C[C@@H](C(=O)Nc1nc2ccccc2s1)N(C)Cc1ccns1. The van der Waals surface area contributed by atoms with Gasteiger partial charge in [-0.25, -0.2) is 9.36 Å². The summed E-state index contributed by atoms with van der Waals surface area (Å²) in [6, 6.07) is 9.59. The third-order valence-corrected chi connectivity index (χ3v) is 5.14. The highest BCUT2D eigenvalue weighted by atomic mass is 32.1. The number of rotatable bonds is 5. The highest BCUT2D eigenvalue weighted by molar-refractivity contribution is 7.22. The van der Waals surface area contributed by atoms with Crippen molar-refractivity contribution in [1.82, 2.24) is 14.3 Å². The van der Waals surface area contributed by atoms with Gasteiger partial charge >= 0.3 is 0 Å². The largest absolute Gasteiger partial charge is 0.301 e. The standard InChI is InChI=1S/C15H16N4OS2/c1-10(19(2)9-11-7-8-16-22-11)14(20)18-15-17-12-5-3-4-6-13(12)21-15/h3-8,10H,9H2,1-2H3,(H,17,18,20)/t10-/m0/s1. The van der Waals surface area contributed by atoms with Crippen molar-refractivity contribution in [3.8, 4) is 0 Å². The normalized spacial score (nSPS) is 12.7. The van der Waals surface area contributed by atoms with Gasteiger partial charge in [-0.15, -0.1) is 0 Å². The van der Waals surface area contributed by atoms with Gasteiger partial charge in [0.05, 0.1) is 16.3 Å². The summed E-state index contributed by atoms with van der Waals surface area (Å²) in [5, 5.41) is 3.55. The highest BCUT2D eigenvalue weighted by Crippen LogP contribution is 2.25. The monoisotopic (exact) mass is 332 g/mol. The van der Waals surface area contributed by atoms with Crippen molar-refractivity contribution < 1.29 is 4.79 Å². The number of aromatic nitrogens is 2. The maximum atomic E-state index is 12.4. The smallest absolute Gasteiger partial charge is 0.243 e. The number of carbonyl (C=O) groups excluding carboxylic acids is 1. The van der Waals surface area contributed by atoms with E-state index in [9.17, 15) is 4.79 Å². The first kappa shape index (κ1) is 15.1. The van der Waals surface area contributed by atoms with Crippen molar-refractivity contribution in [2.45, 2.75) is 19.5 Å². The summed E-state index contributed by atoms with van der Waals surface area (Å²) in [6.07, 6.45) is 1.78. The molecule has 0 aliphatic rings. The molecule has 0 unspecified atom stereocenters. The van der Waals surface area contributed by atoms with Crippen LogP contribution in [0.2, 0.25) is 0 Å². The van der Waals surface area contributed by atoms with Crippen LogP contribution in [0.4, 0.5) is 5.13 Å². The number of hydrogen-bond acceptors (Lipinski definition) is 6. The number of para-hydroxylation sites is 1. The van der Waals surface area contributed by atoms with Crippen LogP contribution in [0.5, 0.6) is 0 Å². The Morgan fingerprint density at radius 1 is 1.36 bits per heavy atom. The van der Waals surface area contributed by atoms with E-state index < -0.39 is 0 Å². The third-order valence-electron chi connectivity index (χ3n) is 3.46. The molecule has 0 saturated carbocycles. The number of fused-ring (bicyclic) bond motifs is 1. The van der Waals surface area contributed by atoms with Crippen LogP contribution in [0.15, 0.2) is 36.5 Å². The fourth-order valence-electron chi connectivity index (χ4n) is 2.04. The summed E-state index contributed by atoms with van der Waals surface area (Å²) < 4.78 is 5.15. The first-order valence-electron chi connectivity index (χ1n) is 6.90. The van der Waals surface area contributed by atoms with Gasteiger partial charge in [0, 0.05) is 17.6 Å². The van der Waals surface area contributed by atoms with Gasteiger partial charge in [0.1, 0.15) is 0 Å². The number of benzene rings is 1. The zero-order chi connectivity index (χ0) is 15.5. The zero-order valence-corrected chi connectivity index (χ0v) is 13.9. The summed E-state index contributed by atoms with van der Waals surface area (Å²) in [5.41, 5.74) is 0.911. The van der Waals surface area contributed by atoms with E-state index in [1.165, 1.54) is 22.9 Å². The second-order valence-corrected chi connectivity index (χ2v) is 6.99. The lowest BCUT2D eigenvalue weighted by Gasteiger charge is -2.22. The van der Waals surface area contributed by atoms with Crippen molar-refractivity contribution in [3.05, 3.63) is 41.4 Å². The first-order chi connectivity index (χ1) is 10.6. The number of nitrogens with zero attached hydrogens (tertiary/aromatic N) is 3. The Kier molecular flexibility index (Phi) is 4.47. The van der Waals surface area contributed by atoms with E-state index in [0.717, 1.165) is 15.1 Å². The fourth-order valence-corrected chi connectivity index (χ4v) is 3.55. The van der Waals surface area contributed by atoms with Gasteiger partial charge in [-0.3, -0.25) is 9.69 Å². The molecule has 1 amide bonds. The van der Waals surface area contributed by atoms with E-state index in [1.807, 2.05) is 49.2 Å². The van der Waals surface area contributed by atoms with Gasteiger partial charge in [-0.05, 0) is 43.7 Å². The van der Waals surface area contributed by atoms with Gasteiger partial charge in [-0.1, -0.05) is 23.5 Å². The van der Waals surface area contributed by atoms with Crippen LogP contribution in [-0.4, -0.2) is 33.3 Å². The molecule has 0 radical (unpaired) electrons. The minimum atomic E-state index is -0.242. The van der Waals surface area contributed by atoms with E-state index in [-0.39, 0.29) is 11.9 Å². The van der Waals surface area contributed by atoms with E-state index in [1.54, 1.807) is 6.20 Å². The van der Waals surface area contributed by atoms with Crippen molar-refractivity contribution in [3.63, 3.8) is 0 Å². The minimum Gasteiger partial charge on any atom is -0.301 e. The van der Waals surface area contributed by atoms with Crippen LogP contribution in [-0.2, 0) is 11.3 Å². The van der Waals surface area contributed by atoms with Gasteiger partial charge < -0.3 is 5.32 Å². The maximum Gasteiger partial charge on any atom is 0.243 e. The molecule has 114 valence electrons. The van der Waals surface area contributed by atoms with E-state index >= 15 is 0 Å². The van der Waals surface area contributed by atoms with Crippen LogP contribution in [0.1, 0.15) is 11.8 Å². The lowest BCUT2D eigenvalue weighted by Crippen LogP contribution is -2.39. The summed E-state index contributed by atoms with van der Waals surface area (Å²) in [6.45, 7) is 2.60. The molecule has 5 nitrogen and oxygen atoms in total. The molecule has 7 heteroatoms. The summed E-state index contributed by atoms with van der Waals surface area (Å²) in [4.78, 5) is 19.9. The first-order valence-corrected chi connectivity index (χ1v) is 8.48. The molecular weight excluding hydrogens is 316 g/mol. The summed E-state index contributed by atoms with van der Waals surface area (Å²) in [5.74, 6) is -0.0499. The Bertz CT molecular complexity index is 736.